The summed E-state index contributed by atoms with van der Waals surface area (Å²) in [5, 5.41) is 4.09. The van der Waals surface area contributed by atoms with E-state index in [1.807, 2.05) is 42.5 Å². The molecule has 5 nitrogen and oxygen atoms in total. The lowest BCUT2D eigenvalue weighted by Gasteiger charge is -2.25. The lowest BCUT2D eigenvalue weighted by Crippen LogP contribution is -2.32. The Bertz CT molecular complexity index is 969. The predicted molar refractivity (Wildman–Crippen MR) is 117 cm³/mol. The van der Waals surface area contributed by atoms with E-state index in [0.717, 1.165) is 41.1 Å². The highest BCUT2D eigenvalue weighted by molar-refractivity contribution is 5.89. The molecule has 1 amide bonds. The Balaban J connectivity index is 1.48. The largest absolute Gasteiger partial charge is 0.355 e. The van der Waals surface area contributed by atoms with Crippen LogP contribution in [0.1, 0.15) is 49.9 Å². The number of amides is 1. The minimum atomic E-state index is 0.0655. The number of hydrogen-bond acceptors (Lipinski definition) is 4. The Labute approximate surface area is 172 Å². The van der Waals surface area contributed by atoms with Crippen molar-refractivity contribution in [2.75, 3.05) is 18.0 Å². The predicted octanol–water partition coefficient (Wildman–Crippen LogP) is 4.43. The first-order valence-electron chi connectivity index (χ1n) is 10.6. The van der Waals surface area contributed by atoms with Gasteiger partial charge in [0.1, 0.15) is 11.6 Å². The van der Waals surface area contributed by atoms with Gasteiger partial charge in [-0.1, -0.05) is 49.4 Å². The SMILES string of the molecule is CCCN(CCC(=O)NCc1ccccc1)c1nc(C2CC2)nc2ccccc12. The molecule has 5 heteroatoms. The van der Waals surface area contributed by atoms with Gasteiger partial charge in [0, 0.05) is 37.4 Å². The monoisotopic (exact) mass is 388 g/mol. The molecule has 0 spiro atoms. The molecule has 1 aromatic heterocycles. The molecule has 150 valence electrons. The highest BCUT2D eigenvalue weighted by atomic mass is 16.1. The average molecular weight is 389 g/mol. The lowest BCUT2D eigenvalue weighted by atomic mass is 10.2. The number of nitrogens with zero attached hydrogens (tertiary/aromatic N) is 3. The summed E-state index contributed by atoms with van der Waals surface area (Å²) in [4.78, 5) is 24.4. The van der Waals surface area contributed by atoms with Crippen LogP contribution in [-0.2, 0) is 11.3 Å². The maximum absolute atomic E-state index is 12.4. The highest BCUT2D eigenvalue weighted by Gasteiger charge is 2.28. The number of anilines is 1. The molecule has 0 bridgehead atoms. The first-order valence-corrected chi connectivity index (χ1v) is 10.6. The molecule has 0 atom stereocenters. The van der Waals surface area contributed by atoms with Gasteiger partial charge < -0.3 is 10.2 Å². The molecule has 0 aliphatic heterocycles. The van der Waals surface area contributed by atoms with E-state index in [4.69, 9.17) is 9.97 Å². The maximum atomic E-state index is 12.4. The Morgan fingerprint density at radius 1 is 1.03 bits per heavy atom. The van der Waals surface area contributed by atoms with Gasteiger partial charge >= 0.3 is 0 Å². The van der Waals surface area contributed by atoms with E-state index in [1.165, 1.54) is 12.8 Å². The molecule has 1 saturated carbocycles. The molecule has 0 radical (unpaired) electrons. The zero-order valence-corrected chi connectivity index (χ0v) is 17.0. The van der Waals surface area contributed by atoms with E-state index >= 15 is 0 Å². The van der Waals surface area contributed by atoms with Crippen LogP contribution in [-0.4, -0.2) is 29.0 Å². The molecular formula is C24H28N4O. The zero-order valence-electron chi connectivity index (χ0n) is 17.0. The van der Waals surface area contributed by atoms with Crippen molar-refractivity contribution in [3.05, 3.63) is 66.0 Å². The maximum Gasteiger partial charge on any atom is 0.222 e. The molecule has 0 unspecified atom stereocenters. The van der Waals surface area contributed by atoms with Gasteiger partial charge in [0.25, 0.3) is 0 Å². The quantitative estimate of drug-likeness (QED) is 0.589. The lowest BCUT2D eigenvalue weighted by molar-refractivity contribution is -0.121. The van der Waals surface area contributed by atoms with Crippen LogP contribution in [0.2, 0.25) is 0 Å². The van der Waals surface area contributed by atoms with Crippen LogP contribution in [0.25, 0.3) is 10.9 Å². The van der Waals surface area contributed by atoms with Crippen LogP contribution in [0.4, 0.5) is 5.82 Å². The fourth-order valence-electron chi connectivity index (χ4n) is 3.56. The molecule has 1 aliphatic carbocycles. The summed E-state index contributed by atoms with van der Waals surface area (Å²) >= 11 is 0. The van der Waals surface area contributed by atoms with Crippen molar-refractivity contribution in [2.45, 2.75) is 45.1 Å². The van der Waals surface area contributed by atoms with E-state index in [9.17, 15) is 4.79 Å². The molecule has 1 fully saturated rings. The third-order valence-corrected chi connectivity index (χ3v) is 5.28. The number of hydrogen-bond donors (Lipinski definition) is 1. The van der Waals surface area contributed by atoms with Gasteiger partial charge in [0.05, 0.1) is 5.52 Å². The van der Waals surface area contributed by atoms with E-state index in [-0.39, 0.29) is 5.91 Å². The minimum absolute atomic E-state index is 0.0655. The van der Waals surface area contributed by atoms with E-state index in [1.54, 1.807) is 0 Å². The van der Waals surface area contributed by atoms with Crippen molar-refractivity contribution in [1.29, 1.82) is 0 Å². The number of benzene rings is 2. The van der Waals surface area contributed by atoms with Crippen molar-refractivity contribution in [3.8, 4) is 0 Å². The first-order chi connectivity index (χ1) is 14.2. The van der Waals surface area contributed by atoms with E-state index in [0.29, 0.717) is 25.4 Å². The summed E-state index contributed by atoms with van der Waals surface area (Å²) in [6.45, 7) is 4.25. The first kappa shape index (κ1) is 19.4. The molecule has 1 heterocycles. The molecule has 3 aromatic rings. The van der Waals surface area contributed by atoms with Crippen molar-refractivity contribution in [1.82, 2.24) is 15.3 Å². The molecule has 1 N–H and O–H groups in total. The normalized spacial score (nSPS) is 13.4. The molecule has 1 aliphatic rings. The van der Waals surface area contributed by atoms with Gasteiger partial charge in [-0.2, -0.15) is 0 Å². The fourth-order valence-corrected chi connectivity index (χ4v) is 3.56. The van der Waals surface area contributed by atoms with Gasteiger partial charge in [0.2, 0.25) is 5.91 Å². The fraction of sp³-hybridized carbons (Fsp3) is 0.375. The summed E-state index contributed by atoms with van der Waals surface area (Å²) in [6, 6.07) is 18.2. The third-order valence-electron chi connectivity index (χ3n) is 5.28. The van der Waals surface area contributed by atoms with Crippen LogP contribution in [0.3, 0.4) is 0 Å². The second-order valence-electron chi connectivity index (χ2n) is 7.70. The molecule has 29 heavy (non-hydrogen) atoms. The Kier molecular flexibility index (Phi) is 6.03. The minimum Gasteiger partial charge on any atom is -0.355 e. The van der Waals surface area contributed by atoms with Crippen LogP contribution in [0, 0.1) is 0 Å². The Morgan fingerprint density at radius 3 is 2.55 bits per heavy atom. The second kappa shape index (κ2) is 9.03. The third kappa shape index (κ3) is 4.91. The summed E-state index contributed by atoms with van der Waals surface area (Å²) < 4.78 is 0. The molecule has 0 saturated heterocycles. The number of para-hydroxylation sites is 1. The number of nitrogens with one attached hydrogen (secondary N) is 1. The summed E-state index contributed by atoms with van der Waals surface area (Å²) in [6.07, 6.45) is 3.80. The van der Waals surface area contributed by atoms with E-state index < -0.39 is 0 Å². The number of rotatable bonds is 9. The zero-order chi connectivity index (χ0) is 20.1. The van der Waals surface area contributed by atoms with E-state index in [2.05, 4.69) is 29.3 Å². The molecule has 2 aromatic carbocycles. The molecule has 4 rings (SSSR count). The standard InChI is InChI=1S/C24H28N4O/c1-2-15-28(16-14-22(29)25-17-18-8-4-3-5-9-18)24-20-10-6-7-11-21(20)26-23(27-24)19-12-13-19/h3-11,19H,2,12-17H2,1H3,(H,25,29). The van der Waals surface area contributed by atoms with Gasteiger partial charge in [-0.15, -0.1) is 0 Å². The van der Waals surface area contributed by atoms with Crippen molar-refractivity contribution in [3.63, 3.8) is 0 Å². The van der Waals surface area contributed by atoms with Crippen molar-refractivity contribution in [2.24, 2.45) is 0 Å². The van der Waals surface area contributed by atoms with Gasteiger partial charge in [0.15, 0.2) is 0 Å². The topological polar surface area (TPSA) is 58.1 Å². The number of aromatic nitrogens is 2. The van der Waals surface area contributed by atoms with Gasteiger partial charge in [-0.05, 0) is 37.0 Å². The smallest absolute Gasteiger partial charge is 0.222 e. The van der Waals surface area contributed by atoms with Crippen LogP contribution < -0.4 is 10.2 Å². The number of carbonyl (C=O) groups excluding carboxylic acids is 1. The summed E-state index contributed by atoms with van der Waals surface area (Å²) in [7, 11) is 0. The average Bonchev–Trinajstić information content (AvgIpc) is 3.61. The Morgan fingerprint density at radius 2 is 1.79 bits per heavy atom. The summed E-state index contributed by atoms with van der Waals surface area (Å²) in [5.74, 6) is 2.48. The Hall–Kier alpha value is -2.95. The van der Waals surface area contributed by atoms with Crippen LogP contribution in [0.5, 0.6) is 0 Å². The summed E-state index contributed by atoms with van der Waals surface area (Å²) in [5.41, 5.74) is 2.11. The van der Waals surface area contributed by atoms with Crippen LogP contribution >= 0.6 is 0 Å². The van der Waals surface area contributed by atoms with Gasteiger partial charge in [-0.25, -0.2) is 9.97 Å². The number of carbonyl (C=O) groups is 1. The second-order valence-corrected chi connectivity index (χ2v) is 7.70. The molecular weight excluding hydrogens is 360 g/mol. The van der Waals surface area contributed by atoms with Crippen LogP contribution in [0.15, 0.2) is 54.6 Å². The van der Waals surface area contributed by atoms with Crippen molar-refractivity contribution >= 4 is 22.6 Å². The van der Waals surface area contributed by atoms with Gasteiger partial charge in [-0.3, -0.25) is 4.79 Å². The van der Waals surface area contributed by atoms with Crippen molar-refractivity contribution < 1.29 is 4.79 Å². The number of fused-ring (bicyclic) bond motifs is 1. The highest BCUT2D eigenvalue weighted by Crippen LogP contribution is 2.39.